The number of hydrogen-bond acceptors (Lipinski definition) is 6. The van der Waals surface area contributed by atoms with Crippen LogP contribution in [0.5, 0.6) is 0 Å². The molecular weight excluding hydrogens is 364 g/mol. The topological polar surface area (TPSA) is 58.6 Å². The van der Waals surface area contributed by atoms with Gasteiger partial charge in [-0.05, 0) is 49.5 Å². The lowest BCUT2D eigenvalue weighted by molar-refractivity contribution is -0.146. The lowest BCUT2D eigenvalue weighted by Gasteiger charge is -2.50. The fourth-order valence-electron chi connectivity index (χ4n) is 6.33. The highest BCUT2D eigenvalue weighted by atomic mass is 16.6. The molecule has 5 atom stereocenters. The van der Waals surface area contributed by atoms with Crippen LogP contribution in [-0.4, -0.2) is 59.7 Å². The summed E-state index contributed by atoms with van der Waals surface area (Å²) >= 11 is 0. The quantitative estimate of drug-likeness (QED) is 0.578. The van der Waals surface area contributed by atoms with Gasteiger partial charge in [-0.3, -0.25) is 9.69 Å². The monoisotopic (exact) mass is 396 g/mol. The van der Waals surface area contributed by atoms with E-state index in [0.29, 0.717) is 11.8 Å². The second kappa shape index (κ2) is 7.38. The van der Waals surface area contributed by atoms with Crippen molar-refractivity contribution in [3.63, 3.8) is 0 Å². The molecule has 0 bridgehead atoms. The Labute approximate surface area is 173 Å². The maximum absolute atomic E-state index is 12.8. The molecule has 2 aliphatic heterocycles. The van der Waals surface area contributed by atoms with Gasteiger partial charge in [-0.25, -0.2) is 9.97 Å². The van der Waals surface area contributed by atoms with Crippen molar-refractivity contribution in [1.82, 2.24) is 14.9 Å². The van der Waals surface area contributed by atoms with Crippen LogP contribution in [0.15, 0.2) is 30.6 Å². The molecule has 0 N–H and O–H groups in total. The van der Waals surface area contributed by atoms with E-state index >= 15 is 0 Å². The van der Waals surface area contributed by atoms with Crippen molar-refractivity contribution in [2.45, 2.75) is 45.1 Å². The van der Waals surface area contributed by atoms with E-state index in [-0.39, 0.29) is 23.4 Å². The molecule has 2 saturated carbocycles. The van der Waals surface area contributed by atoms with E-state index in [9.17, 15) is 4.79 Å². The van der Waals surface area contributed by atoms with Crippen LogP contribution in [0.1, 0.15) is 39.0 Å². The van der Waals surface area contributed by atoms with Crippen LogP contribution in [0, 0.1) is 23.2 Å². The van der Waals surface area contributed by atoms with Crippen molar-refractivity contribution >= 4 is 11.9 Å². The SMILES string of the molecule is C=C1CCCC2(C)CC3OC(=O)C(CN4CCN(c5ncccn5)CC4)C3CC12. The number of ether oxygens (including phenoxy) is 1. The number of anilines is 1. The highest BCUT2D eigenvalue weighted by Gasteiger charge is 2.55. The Bertz CT molecular complexity index is 776. The van der Waals surface area contributed by atoms with Crippen molar-refractivity contribution < 1.29 is 9.53 Å². The minimum Gasteiger partial charge on any atom is -0.462 e. The fourth-order valence-corrected chi connectivity index (χ4v) is 6.33. The van der Waals surface area contributed by atoms with Gasteiger partial charge in [0.2, 0.25) is 5.95 Å². The van der Waals surface area contributed by atoms with E-state index in [2.05, 4.69) is 33.3 Å². The summed E-state index contributed by atoms with van der Waals surface area (Å²) in [5.41, 5.74) is 1.68. The summed E-state index contributed by atoms with van der Waals surface area (Å²) in [5, 5.41) is 0. The number of allylic oxidation sites excluding steroid dienone is 1. The van der Waals surface area contributed by atoms with Crippen molar-refractivity contribution in [3.8, 4) is 0 Å². The van der Waals surface area contributed by atoms with Crippen LogP contribution >= 0.6 is 0 Å². The molecule has 2 saturated heterocycles. The number of rotatable bonds is 3. The smallest absolute Gasteiger partial charge is 0.310 e. The molecule has 6 nitrogen and oxygen atoms in total. The molecule has 0 amide bonds. The van der Waals surface area contributed by atoms with E-state index in [4.69, 9.17) is 4.74 Å². The Morgan fingerprint density at radius 1 is 1.24 bits per heavy atom. The Hall–Kier alpha value is -1.95. The molecule has 6 heteroatoms. The summed E-state index contributed by atoms with van der Waals surface area (Å²) in [6, 6.07) is 1.85. The van der Waals surface area contributed by atoms with Gasteiger partial charge in [0, 0.05) is 51.0 Å². The Kier molecular flexibility index (Phi) is 4.85. The molecule has 1 aromatic rings. The zero-order chi connectivity index (χ0) is 20.0. The lowest BCUT2D eigenvalue weighted by atomic mass is 9.55. The first-order valence-electron chi connectivity index (χ1n) is 11.2. The number of carbonyl (C=O) groups is 1. The summed E-state index contributed by atoms with van der Waals surface area (Å²) in [6.45, 7) is 11.3. The fraction of sp³-hybridized carbons (Fsp3) is 0.696. The first-order chi connectivity index (χ1) is 14.0. The third-order valence-electron chi connectivity index (χ3n) is 7.98. The number of esters is 1. The van der Waals surface area contributed by atoms with Crippen molar-refractivity contribution in [3.05, 3.63) is 30.6 Å². The van der Waals surface area contributed by atoms with Gasteiger partial charge >= 0.3 is 5.97 Å². The van der Waals surface area contributed by atoms with Gasteiger partial charge in [0.25, 0.3) is 0 Å². The predicted molar refractivity (Wildman–Crippen MR) is 111 cm³/mol. The van der Waals surface area contributed by atoms with Gasteiger partial charge in [0.1, 0.15) is 6.10 Å². The van der Waals surface area contributed by atoms with Crippen molar-refractivity contribution in [2.75, 3.05) is 37.6 Å². The molecule has 156 valence electrons. The summed E-state index contributed by atoms with van der Waals surface area (Å²) in [5.74, 6) is 1.75. The van der Waals surface area contributed by atoms with E-state index in [1.54, 1.807) is 12.4 Å². The minimum atomic E-state index is 0.0128. The molecule has 0 spiro atoms. The molecule has 2 aliphatic carbocycles. The summed E-state index contributed by atoms with van der Waals surface area (Å²) in [4.78, 5) is 26.2. The van der Waals surface area contributed by atoms with Crippen LogP contribution in [0.3, 0.4) is 0 Å². The van der Waals surface area contributed by atoms with Crippen LogP contribution < -0.4 is 4.90 Å². The van der Waals surface area contributed by atoms with Crippen LogP contribution in [-0.2, 0) is 9.53 Å². The third-order valence-corrected chi connectivity index (χ3v) is 7.98. The number of piperazine rings is 1. The molecule has 29 heavy (non-hydrogen) atoms. The standard InChI is InChI=1S/C23H32N4O2/c1-16-5-3-6-23(2)14-20-17(13-19(16)23)18(21(28)29-20)15-26-9-11-27(12-10-26)22-24-7-4-8-25-22/h4,7-8,17-20H,1,3,5-6,9-15H2,2H3. The Morgan fingerprint density at radius 2 is 2.00 bits per heavy atom. The average Bonchev–Trinajstić information content (AvgIpc) is 3.01. The second-order valence-corrected chi connectivity index (χ2v) is 9.74. The highest BCUT2D eigenvalue weighted by Crippen LogP contribution is 2.56. The van der Waals surface area contributed by atoms with Crippen molar-refractivity contribution in [2.24, 2.45) is 23.2 Å². The van der Waals surface area contributed by atoms with Crippen LogP contribution in [0.2, 0.25) is 0 Å². The molecule has 3 heterocycles. The molecule has 0 radical (unpaired) electrons. The molecule has 0 aromatic carbocycles. The lowest BCUT2D eigenvalue weighted by Crippen LogP contribution is -2.50. The average molecular weight is 397 g/mol. The van der Waals surface area contributed by atoms with E-state index in [1.807, 2.05) is 6.07 Å². The first kappa shape index (κ1) is 19.0. The van der Waals surface area contributed by atoms with Gasteiger partial charge in [-0.2, -0.15) is 0 Å². The third kappa shape index (κ3) is 3.45. The van der Waals surface area contributed by atoms with Gasteiger partial charge in [0.15, 0.2) is 0 Å². The summed E-state index contributed by atoms with van der Waals surface area (Å²) < 4.78 is 5.93. The second-order valence-electron chi connectivity index (χ2n) is 9.74. The number of carbonyl (C=O) groups excluding carboxylic acids is 1. The van der Waals surface area contributed by atoms with E-state index in [0.717, 1.165) is 57.9 Å². The molecule has 4 aliphatic rings. The Morgan fingerprint density at radius 3 is 2.76 bits per heavy atom. The van der Waals surface area contributed by atoms with Crippen LogP contribution in [0.25, 0.3) is 0 Å². The van der Waals surface area contributed by atoms with Gasteiger partial charge < -0.3 is 9.64 Å². The molecule has 4 fully saturated rings. The highest BCUT2D eigenvalue weighted by molar-refractivity contribution is 5.75. The summed E-state index contributed by atoms with van der Waals surface area (Å²) in [6.07, 6.45) is 9.41. The largest absolute Gasteiger partial charge is 0.462 e. The van der Waals surface area contributed by atoms with E-state index < -0.39 is 0 Å². The first-order valence-corrected chi connectivity index (χ1v) is 11.2. The van der Waals surface area contributed by atoms with Crippen molar-refractivity contribution in [1.29, 1.82) is 0 Å². The predicted octanol–water partition coefficient (Wildman–Crippen LogP) is 2.91. The number of aromatic nitrogens is 2. The summed E-state index contributed by atoms with van der Waals surface area (Å²) in [7, 11) is 0. The number of nitrogens with zero attached hydrogens (tertiary/aromatic N) is 4. The minimum absolute atomic E-state index is 0.0128. The normalized spacial score (nSPS) is 37.8. The number of fused-ring (bicyclic) bond motifs is 2. The number of hydrogen-bond donors (Lipinski definition) is 0. The maximum atomic E-state index is 12.8. The maximum Gasteiger partial charge on any atom is 0.310 e. The van der Waals surface area contributed by atoms with E-state index in [1.165, 1.54) is 18.4 Å². The zero-order valence-electron chi connectivity index (χ0n) is 17.4. The van der Waals surface area contributed by atoms with Gasteiger partial charge in [-0.15, -0.1) is 0 Å². The zero-order valence-corrected chi connectivity index (χ0v) is 17.4. The van der Waals surface area contributed by atoms with Crippen LogP contribution in [0.4, 0.5) is 5.95 Å². The van der Waals surface area contributed by atoms with Gasteiger partial charge in [-0.1, -0.05) is 19.1 Å². The Balaban J connectivity index is 1.23. The molecule has 1 aromatic heterocycles. The molecule has 5 rings (SSSR count). The molecular formula is C23H32N4O2. The molecule has 5 unspecified atom stereocenters. The van der Waals surface area contributed by atoms with Gasteiger partial charge in [0.05, 0.1) is 5.92 Å².